The predicted octanol–water partition coefficient (Wildman–Crippen LogP) is 1.42. The van der Waals surface area contributed by atoms with Gasteiger partial charge in [-0.3, -0.25) is 14.6 Å². The summed E-state index contributed by atoms with van der Waals surface area (Å²) < 4.78 is 1.53. The number of nitrogens with one attached hydrogen (secondary N) is 1. The molecule has 25 heavy (non-hydrogen) atoms. The number of pyridine rings is 2. The summed E-state index contributed by atoms with van der Waals surface area (Å²) >= 11 is 0. The fourth-order valence-electron chi connectivity index (χ4n) is 3.10. The molecule has 3 heterocycles. The number of carbonyl (C=O) groups excluding carboxylic acids is 1. The van der Waals surface area contributed by atoms with Gasteiger partial charge in [-0.05, 0) is 24.1 Å². The van der Waals surface area contributed by atoms with Gasteiger partial charge in [-0.1, -0.05) is 18.2 Å². The highest BCUT2D eigenvalue weighted by molar-refractivity contribution is 6.03. The number of para-hydroxylation sites is 1. The fraction of sp³-hybridized carbons (Fsp3) is 0.111. The molecule has 0 saturated carbocycles. The highest BCUT2D eigenvalue weighted by Crippen LogP contribution is 2.31. The van der Waals surface area contributed by atoms with Gasteiger partial charge in [0, 0.05) is 29.9 Å². The molecule has 3 aromatic rings. The Morgan fingerprint density at radius 3 is 3.00 bits per heavy atom. The van der Waals surface area contributed by atoms with Gasteiger partial charge in [-0.2, -0.15) is 5.10 Å². The monoisotopic (exact) mass is 334 g/mol. The molecule has 0 unspecified atom stereocenters. The lowest BCUT2D eigenvalue weighted by Gasteiger charge is -2.10. The van der Waals surface area contributed by atoms with Crippen molar-refractivity contribution in [1.29, 1.82) is 0 Å². The smallest absolute Gasteiger partial charge is 0.280 e. The van der Waals surface area contributed by atoms with E-state index in [1.54, 1.807) is 36.7 Å². The molecule has 0 bridgehead atoms. The quantitative estimate of drug-likeness (QED) is 0.559. The van der Waals surface area contributed by atoms with Gasteiger partial charge in [0.2, 0.25) is 0 Å². The maximum Gasteiger partial charge on any atom is 0.280 e. The Kier molecular flexibility index (Phi) is 3.53. The van der Waals surface area contributed by atoms with Crippen LogP contribution in [-0.2, 0) is 13.0 Å². The largest absolute Gasteiger partial charge is 0.506 e. The van der Waals surface area contributed by atoms with E-state index in [-0.39, 0.29) is 11.3 Å². The van der Waals surface area contributed by atoms with Crippen molar-refractivity contribution in [2.45, 2.75) is 13.0 Å². The zero-order valence-corrected chi connectivity index (χ0v) is 13.1. The van der Waals surface area contributed by atoms with Crippen molar-refractivity contribution in [3.05, 3.63) is 69.8 Å². The predicted molar refractivity (Wildman–Crippen MR) is 92.9 cm³/mol. The number of hydrazone groups is 1. The van der Waals surface area contributed by atoms with Crippen molar-refractivity contribution in [3.63, 3.8) is 0 Å². The summed E-state index contributed by atoms with van der Waals surface area (Å²) in [5, 5.41) is 14.8. The Balaban J connectivity index is 1.72. The summed E-state index contributed by atoms with van der Waals surface area (Å²) in [6.45, 7) is 0.494. The summed E-state index contributed by atoms with van der Waals surface area (Å²) in [6, 6.07) is 8.94. The van der Waals surface area contributed by atoms with Gasteiger partial charge < -0.3 is 9.67 Å². The Hall–Kier alpha value is -3.48. The second-order valence-corrected chi connectivity index (χ2v) is 5.73. The number of nitrogens with zero attached hydrogens (tertiary/aromatic N) is 3. The Bertz CT molecular complexity index is 1070. The molecule has 1 aliphatic rings. The van der Waals surface area contributed by atoms with Gasteiger partial charge in [-0.15, -0.1) is 0 Å². The molecule has 7 nitrogen and oxygen atoms in total. The molecule has 1 aromatic carbocycles. The topological polar surface area (TPSA) is 96.6 Å². The summed E-state index contributed by atoms with van der Waals surface area (Å²) in [7, 11) is 0. The van der Waals surface area contributed by atoms with Crippen LogP contribution in [0.1, 0.15) is 21.5 Å². The number of benzene rings is 1. The summed E-state index contributed by atoms with van der Waals surface area (Å²) in [6.07, 6.45) is 5.33. The number of amides is 1. The normalized spacial score (nSPS) is 12.8. The summed E-state index contributed by atoms with van der Waals surface area (Å²) in [4.78, 5) is 28.9. The molecule has 7 heteroatoms. The molecular formula is C18H14N4O3. The molecule has 0 saturated heterocycles. The minimum atomic E-state index is -0.745. The van der Waals surface area contributed by atoms with Crippen molar-refractivity contribution in [2.75, 3.05) is 0 Å². The third-order valence-corrected chi connectivity index (χ3v) is 4.24. The van der Waals surface area contributed by atoms with E-state index in [9.17, 15) is 14.7 Å². The average Bonchev–Trinajstić information content (AvgIpc) is 3.06. The number of hydrogen-bond acceptors (Lipinski definition) is 5. The van der Waals surface area contributed by atoms with Crippen molar-refractivity contribution < 1.29 is 9.90 Å². The lowest BCUT2D eigenvalue weighted by Crippen LogP contribution is -2.30. The SMILES string of the molecule is O=C(N/N=C/c1cccnc1)c1c(O)c2cccc3c2n(c1=O)CC3. The standard InChI is InChI=1S/C18H14N4O3/c23-16-13-5-1-4-12-6-8-22(15(12)13)18(25)14(16)17(24)21-20-10-11-3-2-7-19-9-11/h1-5,7,9-10,23H,6,8H2,(H,21,24)/b20-10+. The molecule has 4 rings (SSSR count). The molecule has 0 spiro atoms. The second-order valence-electron chi connectivity index (χ2n) is 5.73. The van der Waals surface area contributed by atoms with Gasteiger partial charge in [0.15, 0.2) is 0 Å². The summed E-state index contributed by atoms with van der Waals surface area (Å²) in [5.74, 6) is -1.06. The first-order chi connectivity index (χ1) is 12.2. The minimum Gasteiger partial charge on any atom is -0.506 e. The molecule has 124 valence electrons. The van der Waals surface area contributed by atoms with Crippen LogP contribution in [-0.4, -0.2) is 26.8 Å². The van der Waals surface area contributed by atoms with E-state index >= 15 is 0 Å². The molecule has 0 aliphatic carbocycles. The molecule has 2 N–H and O–H groups in total. The van der Waals surface area contributed by atoms with Crippen LogP contribution in [0.15, 0.2) is 52.6 Å². The van der Waals surface area contributed by atoms with Crippen LogP contribution in [0.25, 0.3) is 10.9 Å². The lowest BCUT2D eigenvalue weighted by molar-refractivity contribution is 0.0950. The van der Waals surface area contributed by atoms with Crippen molar-refractivity contribution in [3.8, 4) is 5.75 Å². The van der Waals surface area contributed by atoms with Crippen LogP contribution in [0, 0.1) is 0 Å². The van der Waals surface area contributed by atoms with Crippen molar-refractivity contribution in [2.24, 2.45) is 5.10 Å². The van der Waals surface area contributed by atoms with Crippen LogP contribution in [0.2, 0.25) is 0 Å². The van der Waals surface area contributed by atoms with E-state index in [0.29, 0.717) is 29.4 Å². The van der Waals surface area contributed by atoms with Crippen LogP contribution in [0.3, 0.4) is 0 Å². The fourth-order valence-corrected chi connectivity index (χ4v) is 3.10. The van der Waals surface area contributed by atoms with E-state index < -0.39 is 11.5 Å². The molecule has 1 aliphatic heterocycles. The Morgan fingerprint density at radius 1 is 1.32 bits per heavy atom. The van der Waals surface area contributed by atoms with Gasteiger partial charge in [0.05, 0.1) is 11.7 Å². The minimum absolute atomic E-state index is 0.296. The molecule has 0 radical (unpaired) electrons. The first-order valence-corrected chi connectivity index (χ1v) is 7.77. The highest BCUT2D eigenvalue weighted by Gasteiger charge is 2.25. The number of carbonyl (C=O) groups is 1. The van der Waals surface area contributed by atoms with Crippen LogP contribution >= 0.6 is 0 Å². The van der Waals surface area contributed by atoms with Gasteiger partial charge >= 0.3 is 0 Å². The number of rotatable bonds is 3. The molecule has 2 aromatic heterocycles. The number of hydrogen-bond donors (Lipinski definition) is 2. The van der Waals surface area contributed by atoms with Crippen LogP contribution in [0.5, 0.6) is 5.75 Å². The zero-order valence-electron chi connectivity index (χ0n) is 13.1. The van der Waals surface area contributed by atoms with E-state index in [0.717, 1.165) is 5.56 Å². The van der Waals surface area contributed by atoms with Crippen molar-refractivity contribution in [1.82, 2.24) is 15.0 Å². The Morgan fingerprint density at radius 2 is 2.20 bits per heavy atom. The summed E-state index contributed by atoms with van der Waals surface area (Å²) in [5.41, 5.74) is 3.87. The third kappa shape index (κ3) is 2.46. The highest BCUT2D eigenvalue weighted by atomic mass is 16.3. The molecule has 0 atom stereocenters. The molecular weight excluding hydrogens is 320 g/mol. The lowest BCUT2D eigenvalue weighted by atomic mass is 10.1. The van der Waals surface area contributed by atoms with Crippen molar-refractivity contribution >= 4 is 23.0 Å². The maximum atomic E-state index is 12.6. The third-order valence-electron chi connectivity index (χ3n) is 4.24. The van der Waals surface area contributed by atoms with Crippen LogP contribution < -0.4 is 11.0 Å². The Labute approximate surface area is 142 Å². The molecule has 1 amide bonds. The number of aromatic nitrogens is 2. The maximum absolute atomic E-state index is 12.6. The zero-order chi connectivity index (χ0) is 17.4. The number of aryl methyl sites for hydroxylation is 2. The van der Waals surface area contributed by atoms with Gasteiger partial charge in [0.25, 0.3) is 11.5 Å². The first-order valence-electron chi connectivity index (χ1n) is 7.77. The average molecular weight is 334 g/mol. The number of aromatic hydroxyl groups is 1. The molecule has 0 fully saturated rings. The van der Waals surface area contributed by atoms with Gasteiger partial charge in [0.1, 0.15) is 11.3 Å². The van der Waals surface area contributed by atoms with E-state index in [1.807, 2.05) is 6.07 Å². The van der Waals surface area contributed by atoms with E-state index in [4.69, 9.17) is 0 Å². The first kappa shape index (κ1) is 15.1. The van der Waals surface area contributed by atoms with E-state index in [2.05, 4.69) is 15.5 Å². The van der Waals surface area contributed by atoms with Gasteiger partial charge in [-0.25, -0.2) is 5.43 Å². The van der Waals surface area contributed by atoms with Crippen LogP contribution in [0.4, 0.5) is 0 Å². The second kappa shape index (κ2) is 5.86. The van der Waals surface area contributed by atoms with E-state index in [1.165, 1.54) is 10.8 Å².